The molecule has 0 saturated heterocycles. The lowest BCUT2D eigenvalue weighted by Gasteiger charge is -2.15. The maximum atomic E-state index is 13.5. The molecule has 2 heterocycles. The highest BCUT2D eigenvalue weighted by molar-refractivity contribution is 9.10. The Morgan fingerprint density at radius 1 is 1.11 bits per heavy atom. The molecule has 2 aromatic heterocycles. The molecule has 1 unspecified atom stereocenters. The first kappa shape index (κ1) is 26.1. The summed E-state index contributed by atoms with van der Waals surface area (Å²) in [5.74, 6) is -2.28. The summed E-state index contributed by atoms with van der Waals surface area (Å²) < 4.78 is 52.6. The fraction of sp³-hybridized carbons (Fsp3) is 0.261. The van der Waals surface area contributed by atoms with E-state index in [0.29, 0.717) is 5.75 Å². The van der Waals surface area contributed by atoms with Gasteiger partial charge in [0.25, 0.3) is 5.91 Å². The fourth-order valence-electron chi connectivity index (χ4n) is 3.38. The standard InChI is InChI=1S/C23H20BrF3N6O4/c1-13(36-15-6-4-5-14(24)11-15)19(34)28-9-10-29-20(35)21-31-18(32-37-21)12-33-17-8-3-2-7-16(17)30-22(33)23(25,26)27/h2-8,11,13H,9-10,12H2,1H3,(H,28,34)(H,29,35). The van der Waals surface area contributed by atoms with Crippen molar-refractivity contribution >= 4 is 38.8 Å². The molecule has 1 atom stereocenters. The number of rotatable bonds is 9. The summed E-state index contributed by atoms with van der Waals surface area (Å²) in [5, 5.41) is 8.73. The summed E-state index contributed by atoms with van der Waals surface area (Å²) in [6, 6.07) is 13.2. The van der Waals surface area contributed by atoms with Crippen molar-refractivity contribution in [1.29, 1.82) is 0 Å². The van der Waals surface area contributed by atoms with Crippen LogP contribution in [0.3, 0.4) is 0 Å². The van der Waals surface area contributed by atoms with Crippen molar-refractivity contribution in [2.24, 2.45) is 0 Å². The van der Waals surface area contributed by atoms with Gasteiger partial charge in [0.05, 0.1) is 17.6 Å². The van der Waals surface area contributed by atoms with E-state index in [2.05, 4.69) is 41.7 Å². The van der Waals surface area contributed by atoms with Crippen molar-refractivity contribution in [2.45, 2.75) is 25.7 Å². The zero-order valence-electron chi connectivity index (χ0n) is 19.3. The number of ether oxygens (including phenoxy) is 1. The molecule has 0 radical (unpaired) electrons. The van der Waals surface area contributed by atoms with Crippen LogP contribution in [0.1, 0.15) is 29.3 Å². The molecule has 4 rings (SSSR count). The molecule has 14 heteroatoms. The lowest BCUT2D eigenvalue weighted by Crippen LogP contribution is -2.40. The summed E-state index contributed by atoms with van der Waals surface area (Å²) in [6.07, 6.45) is -5.47. The first-order chi connectivity index (χ1) is 17.6. The second-order valence-corrected chi connectivity index (χ2v) is 8.70. The molecule has 0 spiro atoms. The number of nitrogens with zero attached hydrogens (tertiary/aromatic N) is 4. The molecule has 0 aliphatic carbocycles. The molecule has 0 saturated carbocycles. The molecular formula is C23H20BrF3N6O4. The average Bonchev–Trinajstić information content (AvgIpc) is 3.47. The van der Waals surface area contributed by atoms with Crippen LogP contribution in [0.4, 0.5) is 13.2 Å². The van der Waals surface area contributed by atoms with Gasteiger partial charge in [0.2, 0.25) is 5.82 Å². The predicted octanol–water partition coefficient (Wildman–Crippen LogP) is 3.56. The smallest absolute Gasteiger partial charge is 0.449 e. The van der Waals surface area contributed by atoms with Crippen molar-refractivity contribution in [2.75, 3.05) is 13.1 Å². The van der Waals surface area contributed by atoms with E-state index >= 15 is 0 Å². The molecule has 0 fully saturated rings. The molecule has 0 aliphatic rings. The third-order valence-electron chi connectivity index (χ3n) is 5.06. The highest BCUT2D eigenvalue weighted by Crippen LogP contribution is 2.31. The van der Waals surface area contributed by atoms with E-state index in [9.17, 15) is 22.8 Å². The van der Waals surface area contributed by atoms with Gasteiger partial charge >= 0.3 is 18.0 Å². The van der Waals surface area contributed by atoms with E-state index in [-0.39, 0.29) is 35.9 Å². The number of nitrogens with one attached hydrogen (secondary N) is 2. The molecule has 194 valence electrons. The molecule has 2 amide bonds. The van der Waals surface area contributed by atoms with Gasteiger partial charge in [-0.05, 0) is 37.3 Å². The Morgan fingerprint density at radius 2 is 1.86 bits per heavy atom. The molecule has 2 aromatic carbocycles. The third kappa shape index (κ3) is 6.44. The number of fused-ring (bicyclic) bond motifs is 1. The van der Waals surface area contributed by atoms with Crippen LogP contribution in [0.2, 0.25) is 0 Å². The monoisotopic (exact) mass is 580 g/mol. The van der Waals surface area contributed by atoms with Crippen LogP contribution in [0.5, 0.6) is 5.75 Å². The minimum absolute atomic E-state index is 0.0380. The Morgan fingerprint density at radius 3 is 2.62 bits per heavy atom. The van der Waals surface area contributed by atoms with Crippen molar-refractivity contribution < 1.29 is 32.0 Å². The van der Waals surface area contributed by atoms with E-state index in [1.54, 1.807) is 37.3 Å². The summed E-state index contributed by atoms with van der Waals surface area (Å²) in [4.78, 5) is 32.1. The Hall–Kier alpha value is -3.94. The fourth-order valence-corrected chi connectivity index (χ4v) is 3.76. The Balaban J connectivity index is 1.30. The zero-order valence-corrected chi connectivity index (χ0v) is 20.8. The van der Waals surface area contributed by atoms with Crippen LogP contribution in [0, 0.1) is 0 Å². The number of para-hydroxylation sites is 2. The predicted molar refractivity (Wildman–Crippen MR) is 128 cm³/mol. The van der Waals surface area contributed by atoms with Gasteiger partial charge in [0.15, 0.2) is 11.9 Å². The number of carbonyl (C=O) groups is 2. The average molecular weight is 581 g/mol. The highest BCUT2D eigenvalue weighted by Gasteiger charge is 2.38. The Bertz CT molecular complexity index is 1420. The van der Waals surface area contributed by atoms with Crippen molar-refractivity contribution in [3.05, 3.63) is 70.5 Å². The van der Waals surface area contributed by atoms with Crippen LogP contribution in [-0.4, -0.2) is 50.7 Å². The molecular weight excluding hydrogens is 561 g/mol. The van der Waals surface area contributed by atoms with E-state index in [4.69, 9.17) is 9.26 Å². The number of hydrogen-bond acceptors (Lipinski definition) is 7. The topological polar surface area (TPSA) is 124 Å². The third-order valence-corrected chi connectivity index (χ3v) is 5.55. The number of hydrogen-bond donors (Lipinski definition) is 2. The number of amides is 2. The largest absolute Gasteiger partial charge is 0.481 e. The normalized spacial score (nSPS) is 12.4. The molecule has 37 heavy (non-hydrogen) atoms. The number of carbonyl (C=O) groups excluding carboxylic acids is 2. The van der Waals surface area contributed by atoms with Gasteiger partial charge in [0.1, 0.15) is 5.75 Å². The second-order valence-electron chi connectivity index (χ2n) is 7.79. The number of aromatic nitrogens is 4. The molecule has 0 bridgehead atoms. The number of alkyl halides is 3. The summed E-state index contributed by atoms with van der Waals surface area (Å²) >= 11 is 3.32. The first-order valence-electron chi connectivity index (χ1n) is 10.9. The van der Waals surface area contributed by atoms with Gasteiger partial charge in [-0.25, -0.2) is 4.98 Å². The maximum Gasteiger partial charge on any atom is 0.449 e. The van der Waals surface area contributed by atoms with Crippen LogP contribution >= 0.6 is 15.9 Å². The minimum atomic E-state index is -4.70. The number of halogens is 4. The lowest BCUT2D eigenvalue weighted by atomic mass is 10.3. The highest BCUT2D eigenvalue weighted by atomic mass is 79.9. The van der Waals surface area contributed by atoms with Gasteiger partial charge in [0, 0.05) is 17.6 Å². The van der Waals surface area contributed by atoms with Crippen molar-refractivity contribution in [1.82, 2.24) is 30.3 Å². The number of imidazole rings is 1. The van der Waals surface area contributed by atoms with Gasteiger partial charge in [-0.1, -0.05) is 39.3 Å². The van der Waals surface area contributed by atoms with Crippen molar-refractivity contribution in [3.8, 4) is 5.75 Å². The molecule has 4 aromatic rings. The molecule has 10 nitrogen and oxygen atoms in total. The van der Waals surface area contributed by atoms with E-state index in [1.165, 1.54) is 12.1 Å². The summed E-state index contributed by atoms with van der Waals surface area (Å²) in [5.41, 5.74) is 0.397. The van der Waals surface area contributed by atoms with Gasteiger partial charge < -0.3 is 24.5 Å². The van der Waals surface area contributed by atoms with Crippen LogP contribution in [-0.2, 0) is 17.5 Å². The number of benzene rings is 2. The summed E-state index contributed by atoms with van der Waals surface area (Å²) in [6.45, 7) is 1.31. The Labute approximate surface area is 216 Å². The molecule has 2 N–H and O–H groups in total. The quantitative estimate of drug-likeness (QED) is 0.290. The Kier molecular flexibility index (Phi) is 7.76. The van der Waals surface area contributed by atoms with Gasteiger partial charge in [-0.2, -0.15) is 18.2 Å². The van der Waals surface area contributed by atoms with Crippen LogP contribution < -0.4 is 15.4 Å². The van der Waals surface area contributed by atoms with E-state index < -0.39 is 36.4 Å². The lowest BCUT2D eigenvalue weighted by molar-refractivity contribution is -0.146. The summed E-state index contributed by atoms with van der Waals surface area (Å²) in [7, 11) is 0. The minimum Gasteiger partial charge on any atom is -0.481 e. The molecule has 0 aliphatic heterocycles. The second kappa shape index (κ2) is 11.0. The van der Waals surface area contributed by atoms with Crippen molar-refractivity contribution in [3.63, 3.8) is 0 Å². The van der Waals surface area contributed by atoms with E-state index in [1.807, 2.05) is 6.07 Å². The van der Waals surface area contributed by atoms with Crippen LogP contribution in [0.15, 0.2) is 57.5 Å². The first-order valence-corrected chi connectivity index (χ1v) is 11.7. The SMILES string of the molecule is CC(Oc1cccc(Br)c1)C(=O)NCCNC(=O)c1nc(Cn2c(C(F)(F)F)nc3ccccc32)no1. The van der Waals surface area contributed by atoms with Gasteiger partial charge in [-0.3, -0.25) is 9.59 Å². The van der Waals surface area contributed by atoms with E-state index in [0.717, 1.165) is 9.04 Å². The maximum absolute atomic E-state index is 13.5. The van der Waals surface area contributed by atoms with Gasteiger partial charge in [-0.15, -0.1) is 0 Å². The van der Waals surface area contributed by atoms with Crippen LogP contribution in [0.25, 0.3) is 11.0 Å². The zero-order chi connectivity index (χ0) is 26.6.